The molecule has 0 aromatic heterocycles. The van der Waals surface area contributed by atoms with Gasteiger partial charge in [-0.05, 0) is 12.5 Å². The van der Waals surface area contributed by atoms with Crippen molar-refractivity contribution in [3.8, 4) is 0 Å². The van der Waals surface area contributed by atoms with Crippen molar-refractivity contribution >= 4 is 5.84 Å². The van der Waals surface area contributed by atoms with Crippen molar-refractivity contribution in [2.45, 2.75) is 6.42 Å². The predicted molar refractivity (Wildman–Crippen MR) is 35.1 cm³/mol. The molecule has 0 aromatic carbocycles. The first-order chi connectivity index (χ1) is 3.93. The third-order valence-corrected chi connectivity index (χ3v) is 1.11. The lowest BCUT2D eigenvalue weighted by Gasteiger charge is -2.02. The molecule has 0 atom stereocenters. The summed E-state index contributed by atoms with van der Waals surface area (Å²) in [6, 6.07) is 0. The van der Waals surface area contributed by atoms with Gasteiger partial charge in [0, 0.05) is 13.6 Å². The second kappa shape index (κ2) is 2.50. The smallest absolute Gasteiger partial charge is 0.120 e. The highest BCUT2D eigenvalue weighted by molar-refractivity contribution is 5.93. The molecule has 1 heterocycles. The van der Waals surface area contributed by atoms with Crippen LogP contribution in [0.4, 0.5) is 0 Å². The number of hydrogen-bond acceptors (Lipinski definition) is 2. The van der Waals surface area contributed by atoms with Crippen molar-refractivity contribution < 1.29 is 0 Å². The zero-order valence-corrected chi connectivity index (χ0v) is 5.02. The highest BCUT2D eigenvalue weighted by Crippen LogP contribution is 1.92. The molecule has 0 aliphatic carbocycles. The maximum atomic E-state index is 4.17. The van der Waals surface area contributed by atoms with Gasteiger partial charge in [-0.2, -0.15) is 0 Å². The molecule has 1 N–H and O–H groups in total. The summed E-state index contributed by atoms with van der Waals surface area (Å²) in [5.41, 5.74) is 0. The van der Waals surface area contributed by atoms with Crippen molar-refractivity contribution in [2.24, 2.45) is 4.99 Å². The van der Waals surface area contributed by atoms with Crippen molar-refractivity contribution in [1.29, 1.82) is 0 Å². The lowest BCUT2D eigenvalue weighted by Crippen LogP contribution is -2.17. The molecule has 0 fully saturated rings. The van der Waals surface area contributed by atoms with Gasteiger partial charge in [-0.15, -0.1) is 0 Å². The van der Waals surface area contributed by atoms with Crippen molar-refractivity contribution in [2.75, 3.05) is 13.6 Å². The highest BCUT2D eigenvalue weighted by atomic mass is 15.0. The molecule has 0 saturated carbocycles. The van der Waals surface area contributed by atoms with Crippen LogP contribution in [0.5, 0.6) is 0 Å². The Kier molecular flexibility index (Phi) is 1.67. The molecule has 0 bridgehead atoms. The van der Waals surface area contributed by atoms with E-state index in [0.29, 0.717) is 0 Å². The van der Waals surface area contributed by atoms with Crippen LogP contribution in [0.1, 0.15) is 6.42 Å². The molecule has 0 unspecified atom stereocenters. The fourth-order valence-electron chi connectivity index (χ4n) is 0.670. The van der Waals surface area contributed by atoms with E-state index in [-0.39, 0.29) is 0 Å². The van der Waals surface area contributed by atoms with Crippen LogP contribution in [0.15, 0.2) is 17.1 Å². The molecule has 0 saturated heterocycles. The molecular weight excluding hydrogens is 100 g/mol. The van der Waals surface area contributed by atoms with Crippen LogP contribution >= 0.6 is 0 Å². The Balaban J connectivity index is 2.51. The minimum Gasteiger partial charge on any atom is -0.373 e. The third-order valence-electron chi connectivity index (χ3n) is 1.11. The van der Waals surface area contributed by atoms with Gasteiger partial charge in [0.2, 0.25) is 0 Å². The zero-order chi connectivity index (χ0) is 5.82. The number of nitrogens with zero attached hydrogens (tertiary/aromatic N) is 1. The van der Waals surface area contributed by atoms with E-state index < -0.39 is 0 Å². The van der Waals surface area contributed by atoms with E-state index in [0.717, 1.165) is 18.8 Å². The van der Waals surface area contributed by atoms with Gasteiger partial charge in [-0.1, -0.05) is 6.08 Å². The van der Waals surface area contributed by atoms with Gasteiger partial charge in [0.15, 0.2) is 0 Å². The summed E-state index contributed by atoms with van der Waals surface area (Å²) in [5, 5.41) is 2.97. The van der Waals surface area contributed by atoms with Gasteiger partial charge in [0.25, 0.3) is 0 Å². The summed E-state index contributed by atoms with van der Waals surface area (Å²) >= 11 is 0. The quantitative estimate of drug-likeness (QED) is 0.484. The van der Waals surface area contributed by atoms with Crippen LogP contribution < -0.4 is 5.32 Å². The molecule has 2 nitrogen and oxygen atoms in total. The Morgan fingerprint density at radius 2 is 2.62 bits per heavy atom. The van der Waals surface area contributed by atoms with Crippen molar-refractivity contribution in [3.05, 3.63) is 12.2 Å². The van der Waals surface area contributed by atoms with Crippen LogP contribution in [0, 0.1) is 0 Å². The molecule has 1 aliphatic rings. The largest absolute Gasteiger partial charge is 0.373 e. The summed E-state index contributed by atoms with van der Waals surface area (Å²) in [5.74, 6) is 0.997. The summed E-state index contributed by atoms with van der Waals surface area (Å²) in [4.78, 5) is 4.17. The van der Waals surface area contributed by atoms with E-state index in [1.54, 1.807) is 0 Å². The summed E-state index contributed by atoms with van der Waals surface area (Å²) < 4.78 is 0. The molecular formula is C6H10N2. The van der Waals surface area contributed by atoms with Crippen LogP contribution in [-0.2, 0) is 0 Å². The maximum Gasteiger partial charge on any atom is 0.120 e. The van der Waals surface area contributed by atoms with Crippen molar-refractivity contribution in [3.63, 3.8) is 0 Å². The Morgan fingerprint density at radius 3 is 3.00 bits per heavy atom. The van der Waals surface area contributed by atoms with Gasteiger partial charge in [-0.3, -0.25) is 4.99 Å². The summed E-state index contributed by atoms with van der Waals surface area (Å²) in [6.45, 7) is 0.937. The van der Waals surface area contributed by atoms with E-state index in [1.807, 2.05) is 13.1 Å². The van der Waals surface area contributed by atoms with Crippen LogP contribution in [0.2, 0.25) is 0 Å². The first kappa shape index (κ1) is 5.35. The SMILES string of the molecule is CNC1=NCCC=C1. The van der Waals surface area contributed by atoms with Gasteiger partial charge in [-0.25, -0.2) is 0 Å². The van der Waals surface area contributed by atoms with E-state index in [1.165, 1.54) is 0 Å². The number of hydrogen-bond donors (Lipinski definition) is 1. The predicted octanol–water partition coefficient (Wildman–Crippen LogP) is 0.564. The molecule has 1 rings (SSSR count). The second-order valence-electron chi connectivity index (χ2n) is 1.71. The molecule has 0 aromatic rings. The molecule has 44 valence electrons. The van der Waals surface area contributed by atoms with Gasteiger partial charge in [0.1, 0.15) is 5.84 Å². The number of amidine groups is 1. The lowest BCUT2D eigenvalue weighted by atomic mass is 10.3. The molecule has 0 amide bonds. The highest BCUT2D eigenvalue weighted by Gasteiger charge is 1.91. The Hall–Kier alpha value is -0.790. The normalized spacial score (nSPS) is 17.9. The number of rotatable bonds is 0. The topological polar surface area (TPSA) is 24.4 Å². The molecule has 0 spiro atoms. The first-order valence-corrected chi connectivity index (χ1v) is 2.82. The minimum atomic E-state index is 0.937. The van der Waals surface area contributed by atoms with Gasteiger partial charge < -0.3 is 5.32 Å². The molecule has 2 heteroatoms. The van der Waals surface area contributed by atoms with Crippen LogP contribution in [0.25, 0.3) is 0 Å². The number of dihydropyridines is 1. The van der Waals surface area contributed by atoms with Crippen LogP contribution in [0.3, 0.4) is 0 Å². The number of nitrogens with one attached hydrogen (secondary N) is 1. The van der Waals surface area contributed by atoms with E-state index >= 15 is 0 Å². The fourth-order valence-corrected chi connectivity index (χ4v) is 0.670. The fraction of sp³-hybridized carbons (Fsp3) is 0.500. The minimum absolute atomic E-state index is 0.937. The monoisotopic (exact) mass is 110 g/mol. The zero-order valence-electron chi connectivity index (χ0n) is 5.02. The van der Waals surface area contributed by atoms with Gasteiger partial charge >= 0.3 is 0 Å². The first-order valence-electron chi connectivity index (χ1n) is 2.82. The average Bonchev–Trinajstić information content (AvgIpc) is 1.90. The standard InChI is InChI=1S/C6H10N2/c1-7-6-4-2-3-5-8-6/h2,4H,3,5H2,1H3,(H,7,8). The third kappa shape index (κ3) is 1.09. The molecule has 0 radical (unpaired) electrons. The average molecular weight is 110 g/mol. The van der Waals surface area contributed by atoms with E-state index in [9.17, 15) is 0 Å². The Morgan fingerprint density at radius 1 is 1.75 bits per heavy atom. The van der Waals surface area contributed by atoms with Gasteiger partial charge in [0.05, 0.1) is 0 Å². The molecule has 8 heavy (non-hydrogen) atoms. The second-order valence-corrected chi connectivity index (χ2v) is 1.71. The van der Waals surface area contributed by atoms with E-state index in [4.69, 9.17) is 0 Å². The summed E-state index contributed by atoms with van der Waals surface area (Å²) in [7, 11) is 1.88. The van der Waals surface area contributed by atoms with E-state index in [2.05, 4.69) is 16.4 Å². The Labute approximate surface area is 49.3 Å². The number of aliphatic imine (C=N–C) groups is 1. The Bertz CT molecular complexity index is 124. The maximum absolute atomic E-state index is 4.17. The van der Waals surface area contributed by atoms with Crippen LogP contribution in [-0.4, -0.2) is 19.4 Å². The number of likely N-dealkylation sites (N-methyl/N-ethyl adjacent to an activating group) is 1. The lowest BCUT2D eigenvalue weighted by molar-refractivity contribution is 0.967. The van der Waals surface area contributed by atoms with Crippen molar-refractivity contribution in [1.82, 2.24) is 5.32 Å². The summed E-state index contributed by atoms with van der Waals surface area (Å²) in [6.07, 6.45) is 5.22. The molecule has 1 aliphatic heterocycles.